The van der Waals surface area contributed by atoms with Gasteiger partial charge in [0.15, 0.2) is 0 Å². The summed E-state index contributed by atoms with van der Waals surface area (Å²) in [6, 6.07) is 0.590. The molecule has 0 aromatic carbocycles. The molecule has 1 fully saturated rings. The third-order valence-corrected chi connectivity index (χ3v) is 3.83. The predicted molar refractivity (Wildman–Crippen MR) is 65.5 cm³/mol. The highest BCUT2D eigenvalue weighted by atomic mass is 16.4. The fourth-order valence-electron chi connectivity index (χ4n) is 2.57. The first-order valence-electron chi connectivity index (χ1n) is 6.43. The van der Waals surface area contributed by atoms with Gasteiger partial charge >= 0.3 is 5.97 Å². The van der Waals surface area contributed by atoms with Crippen molar-refractivity contribution in [2.75, 3.05) is 13.6 Å². The molecule has 1 N–H and O–H groups in total. The molecule has 0 saturated heterocycles. The number of hydrogen-bond donors (Lipinski definition) is 1. The van der Waals surface area contributed by atoms with Crippen LogP contribution in [0.3, 0.4) is 0 Å². The number of aliphatic carboxylic acids is 1. The molecule has 1 aliphatic carbocycles. The van der Waals surface area contributed by atoms with Crippen molar-refractivity contribution in [3.05, 3.63) is 0 Å². The number of nitrogens with zero attached hydrogens (tertiary/aromatic N) is 1. The van der Waals surface area contributed by atoms with E-state index in [0.29, 0.717) is 12.6 Å². The van der Waals surface area contributed by atoms with Crippen molar-refractivity contribution in [3.63, 3.8) is 0 Å². The minimum atomic E-state index is -0.686. The lowest BCUT2D eigenvalue weighted by atomic mass is 10.0. The molecule has 0 heterocycles. The molecule has 3 heteroatoms. The first kappa shape index (κ1) is 13.5. The lowest BCUT2D eigenvalue weighted by molar-refractivity contribution is -0.141. The summed E-state index contributed by atoms with van der Waals surface area (Å²) in [6.45, 7) is 4.79. The van der Waals surface area contributed by atoms with Crippen LogP contribution in [0.5, 0.6) is 0 Å². The topological polar surface area (TPSA) is 40.5 Å². The third-order valence-electron chi connectivity index (χ3n) is 3.83. The van der Waals surface area contributed by atoms with E-state index in [0.717, 1.165) is 5.92 Å². The fraction of sp³-hybridized carbons (Fsp3) is 0.923. The number of carboxylic acid groups (broad SMARTS) is 1. The van der Waals surface area contributed by atoms with E-state index in [-0.39, 0.29) is 5.92 Å². The Morgan fingerprint density at radius 3 is 2.69 bits per heavy atom. The summed E-state index contributed by atoms with van der Waals surface area (Å²) in [5, 5.41) is 8.90. The lowest BCUT2D eigenvalue weighted by Crippen LogP contribution is -2.36. The smallest absolute Gasteiger partial charge is 0.307 e. The van der Waals surface area contributed by atoms with Gasteiger partial charge in [-0.15, -0.1) is 0 Å². The third kappa shape index (κ3) is 4.12. The summed E-state index contributed by atoms with van der Waals surface area (Å²) in [5.74, 6) is -0.102. The van der Waals surface area contributed by atoms with Crippen LogP contribution in [0.15, 0.2) is 0 Å². The Morgan fingerprint density at radius 1 is 1.38 bits per heavy atom. The minimum Gasteiger partial charge on any atom is -0.481 e. The van der Waals surface area contributed by atoms with Crippen molar-refractivity contribution in [1.82, 2.24) is 4.90 Å². The van der Waals surface area contributed by atoms with Crippen LogP contribution in [0.1, 0.15) is 46.0 Å². The predicted octanol–water partition coefficient (Wildman–Crippen LogP) is 2.61. The lowest BCUT2D eigenvalue weighted by Gasteiger charge is -2.28. The summed E-state index contributed by atoms with van der Waals surface area (Å²) in [6.07, 6.45) is 6.37. The van der Waals surface area contributed by atoms with E-state index in [1.165, 1.54) is 32.1 Å². The molecule has 0 bridgehead atoms. The summed E-state index contributed by atoms with van der Waals surface area (Å²) < 4.78 is 0. The second-order valence-corrected chi connectivity index (χ2v) is 5.45. The van der Waals surface area contributed by atoms with E-state index in [1.807, 2.05) is 0 Å². The highest BCUT2D eigenvalue weighted by Gasteiger charge is 2.22. The average molecular weight is 227 g/mol. The molecular weight excluding hydrogens is 202 g/mol. The Labute approximate surface area is 98.8 Å². The van der Waals surface area contributed by atoms with E-state index >= 15 is 0 Å². The molecule has 16 heavy (non-hydrogen) atoms. The highest BCUT2D eigenvalue weighted by molar-refractivity contribution is 5.69. The second kappa shape index (κ2) is 6.24. The Hall–Kier alpha value is -0.570. The van der Waals surface area contributed by atoms with Crippen molar-refractivity contribution < 1.29 is 9.90 Å². The van der Waals surface area contributed by atoms with Crippen LogP contribution in [0.2, 0.25) is 0 Å². The van der Waals surface area contributed by atoms with Gasteiger partial charge in [-0.25, -0.2) is 0 Å². The molecule has 0 amide bonds. The molecule has 3 unspecified atom stereocenters. The quantitative estimate of drug-likeness (QED) is 0.750. The van der Waals surface area contributed by atoms with E-state index < -0.39 is 5.97 Å². The van der Waals surface area contributed by atoms with Crippen molar-refractivity contribution in [3.8, 4) is 0 Å². The van der Waals surface area contributed by atoms with Crippen LogP contribution in [0.25, 0.3) is 0 Å². The van der Waals surface area contributed by atoms with E-state index in [9.17, 15) is 4.79 Å². The van der Waals surface area contributed by atoms with Gasteiger partial charge in [-0.05, 0) is 32.2 Å². The van der Waals surface area contributed by atoms with Crippen molar-refractivity contribution >= 4 is 5.97 Å². The number of rotatable bonds is 4. The maximum atomic E-state index is 10.8. The van der Waals surface area contributed by atoms with Gasteiger partial charge in [0.25, 0.3) is 0 Å². The largest absolute Gasteiger partial charge is 0.481 e. The first-order valence-corrected chi connectivity index (χ1v) is 6.43. The van der Waals surface area contributed by atoms with Crippen LogP contribution in [-0.2, 0) is 4.79 Å². The van der Waals surface area contributed by atoms with E-state index in [4.69, 9.17) is 5.11 Å². The van der Waals surface area contributed by atoms with Gasteiger partial charge in [-0.2, -0.15) is 0 Å². The summed E-state index contributed by atoms with van der Waals surface area (Å²) in [7, 11) is 2.07. The first-order chi connectivity index (χ1) is 7.50. The molecule has 1 rings (SSSR count). The zero-order chi connectivity index (χ0) is 12.1. The van der Waals surface area contributed by atoms with Crippen LogP contribution in [0, 0.1) is 11.8 Å². The maximum Gasteiger partial charge on any atom is 0.307 e. The average Bonchev–Trinajstić information content (AvgIpc) is 2.42. The van der Waals surface area contributed by atoms with Crippen LogP contribution in [-0.4, -0.2) is 35.6 Å². The van der Waals surface area contributed by atoms with Gasteiger partial charge in [0.2, 0.25) is 0 Å². The maximum absolute atomic E-state index is 10.8. The van der Waals surface area contributed by atoms with Crippen molar-refractivity contribution in [2.24, 2.45) is 11.8 Å². The Kier molecular flexibility index (Phi) is 5.26. The molecule has 0 spiro atoms. The fourth-order valence-corrected chi connectivity index (χ4v) is 2.57. The summed E-state index contributed by atoms with van der Waals surface area (Å²) in [5.41, 5.74) is 0. The number of carbonyl (C=O) groups is 1. The molecular formula is C13H25NO2. The van der Waals surface area contributed by atoms with Crippen molar-refractivity contribution in [1.29, 1.82) is 0 Å². The van der Waals surface area contributed by atoms with E-state index in [2.05, 4.69) is 18.9 Å². The summed E-state index contributed by atoms with van der Waals surface area (Å²) in [4.78, 5) is 13.1. The van der Waals surface area contributed by atoms with Crippen LogP contribution < -0.4 is 0 Å². The van der Waals surface area contributed by atoms with Gasteiger partial charge in [0.1, 0.15) is 0 Å². The molecule has 0 radical (unpaired) electrons. The molecule has 3 atom stereocenters. The standard InChI is InChI=1S/C13H25NO2/c1-10-5-4-6-12(8-7-10)14(3)9-11(2)13(15)16/h10-12H,4-9H2,1-3H3,(H,15,16). The molecule has 1 saturated carbocycles. The Morgan fingerprint density at radius 2 is 2.06 bits per heavy atom. The van der Waals surface area contributed by atoms with Gasteiger partial charge in [0.05, 0.1) is 5.92 Å². The summed E-state index contributed by atoms with van der Waals surface area (Å²) >= 11 is 0. The molecule has 0 aliphatic heterocycles. The number of carboxylic acids is 1. The zero-order valence-corrected chi connectivity index (χ0v) is 10.8. The Bertz CT molecular complexity index is 230. The van der Waals surface area contributed by atoms with Crippen LogP contribution >= 0.6 is 0 Å². The monoisotopic (exact) mass is 227 g/mol. The second-order valence-electron chi connectivity index (χ2n) is 5.45. The Balaban J connectivity index is 2.40. The van der Waals surface area contributed by atoms with Crippen molar-refractivity contribution in [2.45, 2.75) is 52.0 Å². The molecule has 0 aromatic rings. The zero-order valence-electron chi connectivity index (χ0n) is 10.8. The van der Waals surface area contributed by atoms with Crippen LogP contribution in [0.4, 0.5) is 0 Å². The molecule has 1 aliphatic rings. The SMILES string of the molecule is CC1CCCC(N(C)CC(C)C(=O)O)CC1. The normalized spacial score (nSPS) is 28.8. The van der Waals surface area contributed by atoms with Gasteiger partial charge in [0, 0.05) is 12.6 Å². The minimum absolute atomic E-state index is 0.259. The van der Waals surface area contributed by atoms with Gasteiger partial charge < -0.3 is 10.0 Å². The molecule has 94 valence electrons. The van der Waals surface area contributed by atoms with Gasteiger partial charge in [-0.3, -0.25) is 4.79 Å². The molecule has 0 aromatic heterocycles. The molecule has 3 nitrogen and oxygen atoms in total. The number of hydrogen-bond acceptors (Lipinski definition) is 2. The van der Waals surface area contributed by atoms with E-state index in [1.54, 1.807) is 6.92 Å². The van der Waals surface area contributed by atoms with Gasteiger partial charge in [-0.1, -0.05) is 26.7 Å². The highest BCUT2D eigenvalue weighted by Crippen LogP contribution is 2.25.